The van der Waals surface area contributed by atoms with Crippen LogP contribution in [0.5, 0.6) is 0 Å². The van der Waals surface area contributed by atoms with E-state index in [1.807, 2.05) is 49.4 Å². The number of carbonyl (C=O) groups is 1. The number of hydrogen-bond donors (Lipinski definition) is 1. The number of nitrogens with zero attached hydrogens (tertiary/aromatic N) is 3. The third-order valence-corrected chi connectivity index (χ3v) is 5.69. The lowest BCUT2D eigenvalue weighted by molar-refractivity contribution is -0.122. The van der Waals surface area contributed by atoms with Crippen molar-refractivity contribution < 1.29 is 4.79 Å². The zero-order valence-corrected chi connectivity index (χ0v) is 18.5. The highest BCUT2D eigenvalue weighted by molar-refractivity contribution is 5.80. The van der Waals surface area contributed by atoms with Gasteiger partial charge in [-0.25, -0.2) is 9.67 Å². The van der Waals surface area contributed by atoms with Gasteiger partial charge in [0.25, 0.3) is 5.56 Å². The lowest BCUT2D eigenvalue weighted by Crippen LogP contribution is -2.37. The van der Waals surface area contributed by atoms with Gasteiger partial charge in [0.1, 0.15) is 6.54 Å². The van der Waals surface area contributed by atoms with E-state index in [-0.39, 0.29) is 24.1 Å². The van der Waals surface area contributed by atoms with Gasteiger partial charge in [0.15, 0.2) is 5.65 Å². The molecule has 0 saturated heterocycles. The molecule has 4 rings (SSSR count). The van der Waals surface area contributed by atoms with Gasteiger partial charge in [0, 0.05) is 12.2 Å². The second kappa shape index (κ2) is 9.64. The molecule has 0 saturated carbocycles. The monoisotopic (exact) mass is 428 g/mol. The van der Waals surface area contributed by atoms with Gasteiger partial charge in [-0.15, -0.1) is 0 Å². The summed E-state index contributed by atoms with van der Waals surface area (Å²) < 4.78 is 3.21. The first-order chi connectivity index (χ1) is 15.6. The molecule has 6 heteroatoms. The molecule has 0 unspecified atom stereocenters. The van der Waals surface area contributed by atoms with Crippen LogP contribution in [0.2, 0.25) is 0 Å². The summed E-state index contributed by atoms with van der Waals surface area (Å²) in [6, 6.07) is 21.6. The summed E-state index contributed by atoms with van der Waals surface area (Å²) in [6.07, 6.45) is 4.29. The zero-order valence-electron chi connectivity index (χ0n) is 18.5. The van der Waals surface area contributed by atoms with Crippen molar-refractivity contribution in [1.82, 2.24) is 19.7 Å². The molecule has 0 aliphatic carbocycles. The Morgan fingerprint density at radius 3 is 2.47 bits per heavy atom. The quantitative estimate of drug-likeness (QED) is 0.463. The maximum absolute atomic E-state index is 13.1. The minimum absolute atomic E-state index is 0.0148. The maximum Gasteiger partial charge on any atom is 0.280 e. The molecule has 2 aromatic carbocycles. The van der Waals surface area contributed by atoms with E-state index in [0.29, 0.717) is 11.0 Å². The van der Waals surface area contributed by atoms with Crippen LogP contribution in [0.3, 0.4) is 0 Å². The number of amides is 1. The van der Waals surface area contributed by atoms with Crippen molar-refractivity contribution in [2.45, 2.75) is 45.7 Å². The number of rotatable bonds is 8. The van der Waals surface area contributed by atoms with Crippen molar-refractivity contribution >= 4 is 16.9 Å². The van der Waals surface area contributed by atoms with Crippen molar-refractivity contribution in [1.29, 1.82) is 0 Å². The lowest BCUT2D eigenvalue weighted by Gasteiger charge is -2.16. The first-order valence-corrected chi connectivity index (χ1v) is 11.1. The van der Waals surface area contributed by atoms with Crippen molar-refractivity contribution in [2.75, 3.05) is 0 Å². The topological polar surface area (TPSA) is 68.9 Å². The summed E-state index contributed by atoms with van der Waals surface area (Å²) in [5.74, 6) is -0.146. The molecular formula is C26H28N4O2. The highest BCUT2D eigenvalue weighted by atomic mass is 16.2. The highest BCUT2D eigenvalue weighted by Gasteiger charge is 2.18. The molecule has 164 valence electrons. The van der Waals surface area contributed by atoms with Crippen molar-refractivity contribution in [2.24, 2.45) is 0 Å². The van der Waals surface area contributed by atoms with Gasteiger partial charge in [-0.3, -0.25) is 14.3 Å². The fraction of sp³-hybridized carbons (Fsp3) is 0.269. The van der Waals surface area contributed by atoms with E-state index in [9.17, 15) is 9.59 Å². The van der Waals surface area contributed by atoms with Crippen LogP contribution in [-0.4, -0.2) is 26.3 Å². The first kappa shape index (κ1) is 21.6. The van der Waals surface area contributed by atoms with E-state index in [1.54, 1.807) is 27.7 Å². The smallest absolute Gasteiger partial charge is 0.280 e. The van der Waals surface area contributed by atoms with Crippen LogP contribution in [0.15, 0.2) is 77.7 Å². The van der Waals surface area contributed by atoms with Crippen LogP contribution < -0.4 is 10.9 Å². The molecule has 0 aliphatic rings. The average molecular weight is 429 g/mol. The predicted octanol–water partition coefficient (Wildman–Crippen LogP) is 3.89. The Kier molecular flexibility index (Phi) is 6.50. The molecule has 0 spiro atoms. The molecule has 1 N–H and O–H groups in total. The molecule has 2 heterocycles. The van der Waals surface area contributed by atoms with Crippen LogP contribution in [0.1, 0.15) is 31.4 Å². The Bertz CT molecular complexity index is 1260. The molecule has 0 fully saturated rings. The van der Waals surface area contributed by atoms with E-state index in [1.165, 1.54) is 11.1 Å². The average Bonchev–Trinajstić information content (AvgIpc) is 3.10. The Morgan fingerprint density at radius 1 is 1.00 bits per heavy atom. The van der Waals surface area contributed by atoms with Crippen LogP contribution in [0, 0.1) is 0 Å². The van der Waals surface area contributed by atoms with Crippen molar-refractivity contribution in [3.8, 4) is 5.69 Å². The molecule has 32 heavy (non-hydrogen) atoms. The van der Waals surface area contributed by atoms with Gasteiger partial charge in [-0.2, -0.15) is 0 Å². The molecule has 6 nitrogen and oxygen atoms in total. The number of fused-ring (bicyclic) bond motifs is 1. The van der Waals surface area contributed by atoms with E-state index in [4.69, 9.17) is 0 Å². The molecule has 4 aromatic rings. The van der Waals surface area contributed by atoms with Gasteiger partial charge in [-0.05, 0) is 61.6 Å². The van der Waals surface area contributed by atoms with Gasteiger partial charge in [-0.1, -0.05) is 49.4 Å². The SMILES string of the molecule is CCc1ccc(-n2c(=O)c3cccnc3n2CC(=O)N[C@H](C)CCc2ccccc2)cc1. The second-order valence-electron chi connectivity index (χ2n) is 8.06. The van der Waals surface area contributed by atoms with Crippen molar-refractivity contribution in [3.63, 3.8) is 0 Å². The third kappa shape index (κ3) is 4.64. The molecule has 0 radical (unpaired) electrons. The zero-order chi connectivity index (χ0) is 22.5. The fourth-order valence-corrected chi connectivity index (χ4v) is 3.92. The maximum atomic E-state index is 13.1. The van der Waals surface area contributed by atoms with Gasteiger partial charge in [0.05, 0.1) is 11.1 Å². The Labute approximate surface area is 187 Å². The molecule has 0 aliphatic heterocycles. The minimum Gasteiger partial charge on any atom is -0.352 e. The number of nitrogens with one attached hydrogen (secondary N) is 1. The number of pyridine rings is 1. The van der Waals surface area contributed by atoms with Gasteiger partial charge in [0.2, 0.25) is 5.91 Å². The highest BCUT2D eigenvalue weighted by Crippen LogP contribution is 2.15. The minimum atomic E-state index is -0.178. The summed E-state index contributed by atoms with van der Waals surface area (Å²) in [5.41, 5.74) is 3.48. The van der Waals surface area contributed by atoms with Gasteiger partial charge >= 0.3 is 0 Å². The number of benzene rings is 2. The molecular weight excluding hydrogens is 400 g/mol. The fourth-order valence-electron chi connectivity index (χ4n) is 3.92. The van der Waals surface area contributed by atoms with E-state index < -0.39 is 0 Å². The molecule has 1 atom stereocenters. The van der Waals surface area contributed by atoms with E-state index in [2.05, 4.69) is 29.4 Å². The number of aromatic nitrogens is 3. The molecule has 0 bridgehead atoms. The Hall–Kier alpha value is -3.67. The Morgan fingerprint density at radius 2 is 1.75 bits per heavy atom. The summed E-state index contributed by atoms with van der Waals surface area (Å²) >= 11 is 0. The number of aryl methyl sites for hydroxylation is 2. The predicted molar refractivity (Wildman–Crippen MR) is 127 cm³/mol. The largest absolute Gasteiger partial charge is 0.352 e. The van der Waals surface area contributed by atoms with Crippen LogP contribution >= 0.6 is 0 Å². The number of hydrogen-bond acceptors (Lipinski definition) is 3. The van der Waals surface area contributed by atoms with Crippen LogP contribution in [0.25, 0.3) is 16.7 Å². The summed E-state index contributed by atoms with van der Waals surface area (Å²) in [7, 11) is 0. The Balaban J connectivity index is 1.56. The first-order valence-electron chi connectivity index (χ1n) is 11.1. The summed E-state index contributed by atoms with van der Waals surface area (Å²) in [4.78, 5) is 30.4. The standard InChI is InChI=1S/C26H28N4O2/c1-3-20-13-15-22(16-14-20)30-26(32)23-10-7-17-27-25(23)29(30)18-24(31)28-19(2)11-12-21-8-5-4-6-9-21/h4-10,13-17,19H,3,11-12,18H2,1-2H3,(H,28,31)/t19-/m1/s1. The lowest BCUT2D eigenvalue weighted by atomic mass is 10.1. The molecule has 2 aromatic heterocycles. The number of carbonyl (C=O) groups excluding carboxylic acids is 1. The van der Waals surface area contributed by atoms with Crippen LogP contribution in [-0.2, 0) is 24.2 Å². The summed E-state index contributed by atoms with van der Waals surface area (Å²) in [6.45, 7) is 4.11. The normalized spacial score (nSPS) is 12.1. The van der Waals surface area contributed by atoms with E-state index in [0.717, 1.165) is 24.9 Å². The second-order valence-corrected chi connectivity index (χ2v) is 8.06. The molecule has 1 amide bonds. The summed E-state index contributed by atoms with van der Waals surface area (Å²) in [5, 5.41) is 3.56. The van der Waals surface area contributed by atoms with Crippen molar-refractivity contribution in [3.05, 3.63) is 94.4 Å². The van der Waals surface area contributed by atoms with Crippen LogP contribution in [0.4, 0.5) is 0 Å². The van der Waals surface area contributed by atoms with Gasteiger partial charge < -0.3 is 5.32 Å². The van der Waals surface area contributed by atoms with E-state index >= 15 is 0 Å². The third-order valence-electron chi connectivity index (χ3n) is 5.69.